The predicted molar refractivity (Wildman–Crippen MR) is 69.5 cm³/mol. The number of amides is 2. The number of carbonyl (C=O) groups is 2. The van der Waals surface area contributed by atoms with E-state index in [9.17, 15) is 22.8 Å². The molecule has 21 heavy (non-hydrogen) atoms. The fraction of sp³-hybridized carbons (Fsp3) is 0.231. The Hall–Kier alpha value is -2.51. The van der Waals surface area contributed by atoms with E-state index in [0.29, 0.717) is 11.2 Å². The normalized spacial score (nSPS) is 16.0. The summed E-state index contributed by atoms with van der Waals surface area (Å²) in [6.45, 7) is 1.30. The van der Waals surface area contributed by atoms with Crippen molar-refractivity contribution in [2.45, 2.75) is 13.1 Å². The van der Waals surface area contributed by atoms with Crippen LogP contribution in [0.5, 0.6) is 0 Å². The first-order chi connectivity index (χ1) is 9.86. The third kappa shape index (κ3) is 2.83. The van der Waals surface area contributed by atoms with Gasteiger partial charge in [0.1, 0.15) is 6.34 Å². The van der Waals surface area contributed by atoms with Crippen LogP contribution in [-0.4, -0.2) is 41.6 Å². The largest absolute Gasteiger partial charge is 0.451 e. The maximum Gasteiger partial charge on any atom is 0.451 e. The van der Waals surface area contributed by atoms with Gasteiger partial charge in [-0.2, -0.15) is 13.2 Å². The quantitative estimate of drug-likeness (QED) is 0.477. The lowest BCUT2D eigenvalue weighted by atomic mass is 10.1. The molecule has 0 aromatic heterocycles. The number of carbonyl (C=O) groups excluding carboxylic acids is 2. The Labute approximate surface area is 117 Å². The van der Waals surface area contributed by atoms with Gasteiger partial charge in [-0.25, -0.2) is 9.89 Å². The molecule has 1 aliphatic heterocycles. The number of hydrogen-bond acceptors (Lipinski definition) is 3. The number of amidine groups is 1. The fourth-order valence-corrected chi connectivity index (χ4v) is 1.78. The van der Waals surface area contributed by atoms with Crippen molar-refractivity contribution in [2.75, 3.05) is 6.54 Å². The molecule has 0 fully saturated rings. The van der Waals surface area contributed by atoms with Crippen LogP contribution < -0.4 is 0 Å². The van der Waals surface area contributed by atoms with Crippen LogP contribution in [0.2, 0.25) is 0 Å². The molecule has 8 heteroatoms. The van der Waals surface area contributed by atoms with Crippen molar-refractivity contribution in [3.8, 4) is 0 Å². The summed E-state index contributed by atoms with van der Waals surface area (Å²) < 4.78 is 37.8. The number of nitrogens with zero attached hydrogens (tertiary/aromatic N) is 3. The summed E-state index contributed by atoms with van der Waals surface area (Å²) in [7, 11) is 0. The van der Waals surface area contributed by atoms with Crippen molar-refractivity contribution in [2.24, 2.45) is 9.98 Å². The number of imide groups is 1. The van der Waals surface area contributed by atoms with Gasteiger partial charge in [0.15, 0.2) is 0 Å². The number of halogens is 3. The second kappa shape index (κ2) is 5.47. The van der Waals surface area contributed by atoms with Crippen molar-refractivity contribution >= 4 is 24.0 Å². The van der Waals surface area contributed by atoms with Crippen LogP contribution in [0.4, 0.5) is 13.2 Å². The van der Waals surface area contributed by atoms with E-state index in [1.54, 1.807) is 12.1 Å². The highest BCUT2D eigenvalue weighted by molar-refractivity contribution is 6.27. The van der Waals surface area contributed by atoms with Crippen LogP contribution in [0.1, 0.15) is 27.6 Å². The molecule has 0 N–H and O–H groups in total. The van der Waals surface area contributed by atoms with Gasteiger partial charge in [-0.1, -0.05) is 12.1 Å². The third-order valence-corrected chi connectivity index (χ3v) is 2.68. The van der Waals surface area contributed by atoms with Gasteiger partial charge < -0.3 is 0 Å². The van der Waals surface area contributed by atoms with E-state index in [4.69, 9.17) is 0 Å². The van der Waals surface area contributed by atoms with Gasteiger partial charge >= 0.3 is 6.18 Å². The minimum absolute atomic E-state index is 0.117. The van der Waals surface area contributed by atoms with Crippen LogP contribution in [0, 0.1) is 0 Å². The number of rotatable bonds is 2. The summed E-state index contributed by atoms with van der Waals surface area (Å²) in [4.78, 5) is 30.7. The lowest BCUT2D eigenvalue weighted by Crippen LogP contribution is -2.30. The fourth-order valence-electron chi connectivity index (χ4n) is 1.78. The highest BCUT2D eigenvalue weighted by Crippen LogP contribution is 2.22. The standard InChI is InChI=1S/C13H10F3N3O2/c1-2-17-12(13(14,15)16)18-7-19-10(20)8-5-3-4-6-9(8)11(19)21/h3-7H,2H2,1H3. The van der Waals surface area contributed by atoms with Gasteiger partial charge in [0, 0.05) is 6.54 Å². The van der Waals surface area contributed by atoms with E-state index in [-0.39, 0.29) is 17.7 Å². The molecular weight excluding hydrogens is 287 g/mol. The molecule has 0 spiro atoms. The first-order valence-electron chi connectivity index (χ1n) is 5.99. The minimum atomic E-state index is -4.74. The lowest BCUT2D eigenvalue weighted by molar-refractivity contribution is -0.0599. The van der Waals surface area contributed by atoms with Crippen LogP contribution in [-0.2, 0) is 0 Å². The van der Waals surface area contributed by atoms with Crippen LogP contribution in [0.15, 0.2) is 34.3 Å². The van der Waals surface area contributed by atoms with Gasteiger partial charge in [0.05, 0.1) is 11.1 Å². The minimum Gasteiger partial charge on any atom is -0.268 e. The van der Waals surface area contributed by atoms with Gasteiger partial charge in [-0.05, 0) is 19.1 Å². The van der Waals surface area contributed by atoms with Gasteiger partial charge in [0.2, 0.25) is 5.84 Å². The van der Waals surface area contributed by atoms with E-state index in [1.807, 2.05) is 0 Å². The molecule has 2 rings (SSSR count). The monoisotopic (exact) mass is 297 g/mol. The van der Waals surface area contributed by atoms with Crippen molar-refractivity contribution < 1.29 is 22.8 Å². The van der Waals surface area contributed by atoms with Gasteiger partial charge in [0.25, 0.3) is 11.8 Å². The Morgan fingerprint density at radius 1 is 1.19 bits per heavy atom. The van der Waals surface area contributed by atoms with Gasteiger partial charge in [-0.15, -0.1) is 0 Å². The van der Waals surface area contributed by atoms with E-state index in [2.05, 4.69) is 9.98 Å². The number of hydrogen-bond donors (Lipinski definition) is 0. The Kier molecular flexibility index (Phi) is 3.88. The molecule has 1 heterocycles. The zero-order valence-electron chi connectivity index (χ0n) is 10.9. The number of aliphatic imine (C=N–C) groups is 2. The zero-order chi connectivity index (χ0) is 15.6. The average molecular weight is 297 g/mol. The van der Waals surface area contributed by atoms with E-state index >= 15 is 0 Å². The molecular formula is C13H10F3N3O2. The highest BCUT2D eigenvalue weighted by Gasteiger charge is 2.37. The molecule has 0 bridgehead atoms. The van der Waals surface area contributed by atoms with Crippen molar-refractivity contribution in [1.29, 1.82) is 0 Å². The molecule has 110 valence electrons. The highest BCUT2D eigenvalue weighted by atomic mass is 19.4. The molecule has 0 saturated carbocycles. The molecule has 0 aliphatic carbocycles. The second-order valence-corrected chi connectivity index (χ2v) is 4.07. The van der Waals surface area contributed by atoms with Crippen molar-refractivity contribution in [1.82, 2.24) is 4.90 Å². The maximum atomic E-state index is 12.6. The van der Waals surface area contributed by atoms with Crippen LogP contribution in [0.25, 0.3) is 0 Å². The van der Waals surface area contributed by atoms with Crippen LogP contribution in [0.3, 0.4) is 0 Å². The van der Waals surface area contributed by atoms with E-state index in [0.717, 1.165) is 0 Å². The van der Waals surface area contributed by atoms with Gasteiger partial charge in [-0.3, -0.25) is 14.6 Å². The molecule has 2 amide bonds. The summed E-state index contributed by atoms with van der Waals surface area (Å²) in [5.41, 5.74) is 0.268. The third-order valence-electron chi connectivity index (χ3n) is 2.68. The topological polar surface area (TPSA) is 62.1 Å². The van der Waals surface area contributed by atoms with Crippen LogP contribution >= 0.6 is 0 Å². The van der Waals surface area contributed by atoms with E-state index in [1.165, 1.54) is 19.1 Å². The summed E-state index contributed by atoms with van der Waals surface area (Å²) in [5.74, 6) is -2.81. The Balaban J connectivity index is 2.30. The summed E-state index contributed by atoms with van der Waals surface area (Å²) in [5, 5.41) is 0. The van der Waals surface area contributed by atoms with Crippen molar-refractivity contribution in [3.05, 3.63) is 35.4 Å². The second-order valence-electron chi connectivity index (χ2n) is 4.07. The lowest BCUT2D eigenvalue weighted by Gasteiger charge is -2.08. The number of alkyl halides is 3. The zero-order valence-corrected chi connectivity index (χ0v) is 10.9. The number of benzene rings is 1. The Bertz CT molecular complexity index is 615. The summed E-state index contributed by atoms with van der Waals surface area (Å²) in [6, 6.07) is 5.97. The smallest absolute Gasteiger partial charge is 0.268 e. The molecule has 5 nitrogen and oxygen atoms in total. The predicted octanol–water partition coefficient (Wildman–Crippen LogP) is 2.29. The molecule has 1 aromatic carbocycles. The SMILES string of the molecule is CCN=C(N=CN1C(=O)c2ccccc2C1=O)C(F)(F)F. The Morgan fingerprint density at radius 2 is 1.71 bits per heavy atom. The van der Waals surface area contributed by atoms with E-state index < -0.39 is 23.8 Å². The summed E-state index contributed by atoms with van der Waals surface area (Å²) >= 11 is 0. The molecule has 1 aliphatic rings. The first-order valence-corrected chi connectivity index (χ1v) is 5.99. The number of fused-ring (bicyclic) bond motifs is 1. The molecule has 0 unspecified atom stereocenters. The average Bonchev–Trinajstić information content (AvgIpc) is 2.67. The van der Waals surface area contributed by atoms with Crippen molar-refractivity contribution in [3.63, 3.8) is 0 Å². The Morgan fingerprint density at radius 3 is 2.14 bits per heavy atom. The maximum absolute atomic E-state index is 12.6. The molecule has 1 aromatic rings. The molecule has 0 radical (unpaired) electrons. The first kappa shape index (κ1) is 14.9. The summed E-state index contributed by atoms with van der Waals surface area (Å²) in [6.07, 6.45) is -4.18. The molecule has 0 saturated heterocycles. The molecule has 0 atom stereocenters.